The van der Waals surface area contributed by atoms with Crippen LogP contribution in [0, 0.1) is 6.92 Å². The van der Waals surface area contributed by atoms with Gasteiger partial charge in [-0.15, -0.1) is 0 Å². The van der Waals surface area contributed by atoms with Crippen LogP contribution in [-0.2, 0) is 0 Å². The summed E-state index contributed by atoms with van der Waals surface area (Å²) in [7, 11) is 0. The van der Waals surface area contributed by atoms with Crippen LogP contribution in [-0.4, -0.2) is 16.0 Å². The summed E-state index contributed by atoms with van der Waals surface area (Å²) in [4.78, 5) is 15.6. The van der Waals surface area contributed by atoms with Gasteiger partial charge in [0.1, 0.15) is 5.82 Å². The molecule has 1 N–H and O–H groups in total. The van der Waals surface area contributed by atoms with E-state index in [1.165, 1.54) is 0 Å². The minimum Gasteiger partial charge on any atom is -0.351 e. The van der Waals surface area contributed by atoms with Crippen LogP contribution in [0.4, 0.5) is 5.82 Å². The Bertz CT molecular complexity index is 507. The first-order chi connectivity index (χ1) is 7.65. The molecule has 2 heterocycles. The lowest BCUT2D eigenvalue weighted by Gasteiger charge is -2.00. The Hall–Kier alpha value is -1.69. The fourth-order valence-corrected chi connectivity index (χ4v) is 1.33. The number of hydrogen-bond donors (Lipinski definition) is 1. The molecule has 0 aliphatic heterocycles. The molecule has 2 aromatic rings. The highest BCUT2D eigenvalue weighted by Gasteiger charge is 2.11. The molecule has 1 amide bonds. The van der Waals surface area contributed by atoms with E-state index in [0.29, 0.717) is 11.5 Å². The highest BCUT2D eigenvalue weighted by molar-refractivity contribution is 9.10. The van der Waals surface area contributed by atoms with Crippen LogP contribution < -0.4 is 5.32 Å². The Kier molecular flexibility index (Phi) is 3.00. The average molecular weight is 282 g/mol. The smallest absolute Gasteiger partial charge is 0.295 e. The molecule has 0 fully saturated rings. The molecule has 2 rings (SSSR count). The Morgan fingerprint density at radius 2 is 2.31 bits per heavy atom. The van der Waals surface area contributed by atoms with Gasteiger partial charge in [0.2, 0.25) is 5.76 Å². The van der Waals surface area contributed by atoms with E-state index in [1.54, 1.807) is 31.3 Å². The number of aromatic nitrogens is 2. The summed E-state index contributed by atoms with van der Waals surface area (Å²) in [6.45, 7) is 1.75. The summed E-state index contributed by atoms with van der Waals surface area (Å²) in [6.07, 6.45) is 1.60. The normalized spacial score (nSPS) is 10.1. The van der Waals surface area contributed by atoms with Gasteiger partial charge in [-0.2, -0.15) is 0 Å². The lowest BCUT2D eigenvalue weighted by atomic mass is 10.3. The Morgan fingerprint density at radius 3 is 2.88 bits per heavy atom. The van der Waals surface area contributed by atoms with Crippen LogP contribution in [0.1, 0.15) is 16.2 Å². The van der Waals surface area contributed by atoms with Gasteiger partial charge in [0.25, 0.3) is 5.91 Å². The molecule has 0 unspecified atom stereocenters. The van der Waals surface area contributed by atoms with E-state index in [4.69, 9.17) is 4.52 Å². The fourth-order valence-electron chi connectivity index (χ4n) is 1.10. The zero-order valence-electron chi connectivity index (χ0n) is 8.40. The maximum atomic E-state index is 11.6. The van der Waals surface area contributed by atoms with Crippen molar-refractivity contribution in [3.63, 3.8) is 0 Å². The van der Waals surface area contributed by atoms with Crippen molar-refractivity contribution in [1.82, 2.24) is 10.1 Å². The van der Waals surface area contributed by atoms with E-state index in [-0.39, 0.29) is 11.7 Å². The standard InChI is InChI=1S/C10H8BrN3O2/c1-6-4-8(16-14-6)10(15)13-9-3-2-7(11)5-12-9/h2-5H,1H3,(H,12,13,15). The Balaban J connectivity index is 2.10. The maximum absolute atomic E-state index is 11.6. The van der Waals surface area contributed by atoms with Crippen molar-refractivity contribution in [3.05, 3.63) is 40.3 Å². The minimum atomic E-state index is -0.365. The van der Waals surface area contributed by atoms with Crippen LogP contribution in [0.5, 0.6) is 0 Å². The lowest BCUT2D eigenvalue weighted by Crippen LogP contribution is -2.11. The molecular formula is C10H8BrN3O2. The summed E-state index contributed by atoms with van der Waals surface area (Å²) in [5.41, 5.74) is 0.661. The second kappa shape index (κ2) is 4.44. The van der Waals surface area contributed by atoms with Crippen molar-refractivity contribution < 1.29 is 9.32 Å². The van der Waals surface area contributed by atoms with Gasteiger partial charge in [0, 0.05) is 16.7 Å². The number of aryl methyl sites for hydroxylation is 1. The van der Waals surface area contributed by atoms with Gasteiger partial charge >= 0.3 is 0 Å². The number of carbonyl (C=O) groups is 1. The summed E-state index contributed by atoms with van der Waals surface area (Å²) in [5.74, 6) is 0.264. The zero-order chi connectivity index (χ0) is 11.5. The molecule has 0 aromatic carbocycles. The van der Waals surface area contributed by atoms with Crippen molar-refractivity contribution >= 4 is 27.7 Å². The predicted octanol–water partition coefficient (Wildman–Crippen LogP) is 2.39. The van der Waals surface area contributed by atoms with E-state index in [0.717, 1.165) is 4.47 Å². The molecule has 0 saturated heterocycles. The van der Waals surface area contributed by atoms with Crippen molar-refractivity contribution in [3.8, 4) is 0 Å². The second-order valence-electron chi connectivity index (χ2n) is 3.15. The Morgan fingerprint density at radius 1 is 1.50 bits per heavy atom. The molecule has 5 nitrogen and oxygen atoms in total. The number of anilines is 1. The number of nitrogens with zero attached hydrogens (tertiary/aromatic N) is 2. The van der Waals surface area contributed by atoms with E-state index in [1.807, 2.05) is 0 Å². The highest BCUT2D eigenvalue weighted by atomic mass is 79.9. The summed E-state index contributed by atoms with van der Waals surface area (Å²) < 4.78 is 5.67. The third kappa shape index (κ3) is 2.46. The predicted molar refractivity (Wildman–Crippen MR) is 61.1 cm³/mol. The third-order valence-corrected chi connectivity index (χ3v) is 2.29. The average Bonchev–Trinajstić information content (AvgIpc) is 2.68. The molecular weight excluding hydrogens is 274 g/mol. The Labute approximate surface area is 100.0 Å². The van der Waals surface area contributed by atoms with Crippen LogP contribution in [0.3, 0.4) is 0 Å². The van der Waals surface area contributed by atoms with Crippen molar-refractivity contribution in [2.45, 2.75) is 6.92 Å². The van der Waals surface area contributed by atoms with Gasteiger partial charge in [0.15, 0.2) is 0 Å². The number of carbonyl (C=O) groups excluding carboxylic acids is 1. The summed E-state index contributed by atoms with van der Waals surface area (Å²) in [5, 5.41) is 6.22. The minimum absolute atomic E-state index is 0.169. The number of pyridine rings is 1. The highest BCUT2D eigenvalue weighted by Crippen LogP contribution is 2.11. The van der Waals surface area contributed by atoms with Crippen molar-refractivity contribution in [2.75, 3.05) is 5.32 Å². The van der Waals surface area contributed by atoms with E-state index in [2.05, 4.69) is 31.4 Å². The third-order valence-electron chi connectivity index (χ3n) is 1.82. The first-order valence-electron chi connectivity index (χ1n) is 4.51. The molecule has 82 valence electrons. The number of nitrogens with one attached hydrogen (secondary N) is 1. The summed E-state index contributed by atoms with van der Waals surface area (Å²) >= 11 is 3.26. The molecule has 16 heavy (non-hydrogen) atoms. The number of amides is 1. The number of hydrogen-bond acceptors (Lipinski definition) is 4. The maximum Gasteiger partial charge on any atom is 0.295 e. The monoisotopic (exact) mass is 281 g/mol. The first kappa shape index (κ1) is 10.8. The SMILES string of the molecule is Cc1cc(C(=O)Nc2ccc(Br)cn2)on1. The van der Waals surface area contributed by atoms with Gasteiger partial charge in [0.05, 0.1) is 5.69 Å². The second-order valence-corrected chi connectivity index (χ2v) is 4.06. The largest absolute Gasteiger partial charge is 0.351 e. The van der Waals surface area contributed by atoms with E-state index in [9.17, 15) is 4.79 Å². The van der Waals surface area contributed by atoms with Crippen molar-refractivity contribution in [2.24, 2.45) is 0 Å². The topological polar surface area (TPSA) is 68.0 Å². The van der Waals surface area contributed by atoms with Crippen LogP contribution >= 0.6 is 15.9 Å². The van der Waals surface area contributed by atoms with Crippen LogP contribution in [0.25, 0.3) is 0 Å². The summed E-state index contributed by atoms with van der Waals surface area (Å²) in [6, 6.07) is 5.04. The fraction of sp³-hybridized carbons (Fsp3) is 0.100. The number of rotatable bonds is 2. The van der Waals surface area contributed by atoms with Crippen LogP contribution in [0.2, 0.25) is 0 Å². The quantitative estimate of drug-likeness (QED) is 0.918. The van der Waals surface area contributed by atoms with Gasteiger partial charge in [-0.3, -0.25) is 4.79 Å². The molecule has 6 heteroatoms. The van der Waals surface area contributed by atoms with Crippen LogP contribution in [0.15, 0.2) is 33.4 Å². The number of halogens is 1. The van der Waals surface area contributed by atoms with Gasteiger partial charge in [-0.1, -0.05) is 5.16 Å². The molecule has 0 spiro atoms. The molecule has 0 atom stereocenters. The lowest BCUT2D eigenvalue weighted by molar-refractivity contribution is 0.0987. The first-order valence-corrected chi connectivity index (χ1v) is 5.30. The van der Waals surface area contributed by atoms with Gasteiger partial charge in [-0.25, -0.2) is 4.98 Å². The van der Waals surface area contributed by atoms with Gasteiger partial charge in [-0.05, 0) is 35.0 Å². The van der Waals surface area contributed by atoms with Crippen molar-refractivity contribution in [1.29, 1.82) is 0 Å². The van der Waals surface area contributed by atoms with Gasteiger partial charge < -0.3 is 9.84 Å². The molecule has 0 aliphatic carbocycles. The van der Waals surface area contributed by atoms with E-state index >= 15 is 0 Å². The zero-order valence-corrected chi connectivity index (χ0v) is 9.98. The molecule has 0 saturated carbocycles. The molecule has 0 aliphatic rings. The van der Waals surface area contributed by atoms with E-state index < -0.39 is 0 Å². The molecule has 2 aromatic heterocycles. The molecule has 0 radical (unpaired) electrons. The molecule has 0 bridgehead atoms.